The predicted octanol–water partition coefficient (Wildman–Crippen LogP) is 4.15. The van der Waals surface area contributed by atoms with Gasteiger partial charge in [-0.25, -0.2) is 0 Å². The Balaban J connectivity index is 1.82. The highest BCUT2D eigenvalue weighted by Crippen LogP contribution is 2.28. The number of Topliss-reactive ketones (excluding diaryl/α,β-unsaturated/α-hetero) is 2. The lowest BCUT2D eigenvalue weighted by Gasteiger charge is -2.12. The van der Waals surface area contributed by atoms with E-state index in [1.807, 2.05) is 50.5 Å². The molecule has 0 aliphatic heterocycles. The fourth-order valence-electron chi connectivity index (χ4n) is 3.34. The molecule has 0 saturated heterocycles. The van der Waals surface area contributed by atoms with Gasteiger partial charge in [0.05, 0.1) is 17.5 Å². The van der Waals surface area contributed by atoms with Crippen LogP contribution in [-0.4, -0.2) is 36.6 Å². The number of hydrogen-bond acceptors (Lipinski definition) is 5. The highest BCUT2D eigenvalue weighted by molar-refractivity contribution is 8.00. The van der Waals surface area contributed by atoms with Crippen LogP contribution in [-0.2, 0) is 6.54 Å². The van der Waals surface area contributed by atoms with E-state index < -0.39 is 0 Å². The van der Waals surface area contributed by atoms with Gasteiger partial charge in [0.25, 0.3) is 0 Å². The van der Waals surface area contributed by atoms with Crippen LogP contribution < -0.4 is 0 Å². The van der Waals surface area contributed by atoms with Crippen molar-refractivity contribution in [2.24, 2.45) is 0 Å². The molecule has 7 heteroatoms. The van der Waals surface area contributed by atoms with E-state index in [2.05, 4.69) is 27.3 Å². The first-order chi connectivity index (χ1) is 13.3. The van der Waals surface area contributed by atoms with E-state index >= 15 is 0 Å². The smallest absolute Gasteiger partial charge is 0.192 e. The number of nitrogens with zero attached hydrogens (tertiary/aromatic N) is 3. The molecule has 3 rings (SSSR count). The maximum absolute atomic E-state index is 13.0. The fourth-order valence-corrected chi connectivity index (χ4v) is 4.29. The number of nitrogens with one attached hydrogen (secondary N) is 1. The topological polar surface area (TPSA) is 80.6 Å². The molecule has 3 aromatic rings. The third-order valence-corrected chi connectivity index (χ3v) is 5.85. The minimum Gasteiger partial charge on any atom is -0.355 e. The van der Waals surface area contributed by atoms with Gasteiger partial charge in [-0.15, -0.1) is 10.2 Å². The number of rotatable bonds is 7. The zero-order valence-corrected chi connectivity index (χ0v) is 17.6. The number of aromatic nitrogens is 4. The lowest BCUT2D eigenvalue weighted by molar-refractivity contribution is 0.0988. The van der Waals surface area contributed by atoms with Crippen molar-refractivity contribution in [2.75, 3.05) is 0 Å². The molecule has 0 amide bonds. The molecule has 0 bridgehead atoms. The van der Waals surface area contributed by atoms with Crippen molar-refractivity contribution in [1.29, 1.82) is 0 Å². The Bertz CT molecular complexity index is 1020. The summed E-state index contributed by atoms with van der Waals surface area (Å²) in [5.41, 5.74) is 3.68. The number of thioether (sulfide) groups is 1. The minimum absolute atomic E-state index is 0.0381. The van der Waals surface area contributed by atoms with Gasteiger partial charge in [-0.3, -0.25) is 9.59 Å². The standard InChI is InChI=1S/C21H24N4O2S/c1-12-18(14(3)26)13(2)22-19(12)20(27)15(4)28-21-24-23-16(5)25(21)11-17-9-7-6-8-10-17/h6-10,15,22H,11H2,1-5H3/t15-/m0/s1. The zero-order valence-electron chi connectivity index (χ0n) is 16.7. The van der Waals surface area contributed by atoms with Gasteiger partial charge in [0.2, 0.25) is 0 Å². The summed E-state index contributed by atoms with van der Waals surface area (Å²) >= 11 is 1.38. The quantitative estimate of drug-likeness (QED) is 0.479. The van der Waals surface area contributed by atoms with E-state index in [0.717, 1.165) is 17.1 Å². The number of aryl methyl sites for hydroxylation is 2. The third kappa shape index (κ3) is 3.94. The van der Waals surface area contributed by atoms with Gasteiger partial charge in [-0.05, 0) is 45.7 Å². The second-order valence-corrected chi connectivity index (χ2v) is 8.22. The first-order valence-corrected chi connectivity index (χ1v) is 10.0. The largest absolute Gasteiger partial charge is 0.355 e. The predicted molar refractivity (Wildman–Crippen MR) is 110 cm³/mol. The van der Waals surface area contributed by atoms with E-state index in [4.69, 9.17) is 0 Å². The Labute approximate surface area is 168 Å². The Morgan fingerprint density at radius 2 is 1.82 bits per heavy atom. The van der Waals surface area contributed by atoms with Crippen LogP contribution in [0.4, 0.5) is 0 Å². The van der Waals surface area contributed by atoms with Crippen molar-refractivity contribution in [3.8, 4) is 0 Å². The number of carbonyl (C=O) groups is 2. The van der Waals surface area contributed by atoms with E-state index in [9.17, 15) is 9.59 Å². The van der Waals surface area contributed by atoms with Gasteiger partial charge in [-0.2, -0.15) is 0 Å². The molecule has 6 nitrogen and oxygen atoms in total. The normalized spacial score (nSPS) is 12.2. The highest BCUT2D eigenvalue weighted by atomic mass is 32.2. The second kappa shape index (κ2) is 8.14. The molecule has 2 heterocycles. The summed E-state index contributed by atoms with van der Waals surface area (Å²) in [7, 11) is 0. The molecule has 0 aliphatic carbocycles. The van der Waals surface area contributed by atoms with Crippen LogP contribution in [0.3, 0.4) is 0 Å². The monoisotopic (exact) mass is 396 g/mol. The maximum Gasteiger partial charge on any atom is 0.192 e. The summed E-state index contributed by atoms with van der Waals surface area (Å²) in [6.07, 6.45) is 0. The average Bonchev–Trinajstić information content (AvgIpc) is 3.15. The molecule has 0 unspecified atom stereocenters. The molecule has 146 valence electrons. The van der Waals surface area contributed by atoms with Gasteiger partial charge < -0.3 is 9.55 Å². The molecule has 0 radical (unpaired) electrons. The molecule has 1 aromatic carbocycles. The fraction of sp³-hybridized carbons (Fsp3) is 0.333. The number of H-pyrrole nitrogens is 1. The summed E-state index contributed by atoms with van der Waals surface area (Å²) in [4.78, 5) is 28.0. The van der Waals surface area contributed by atoms with Crippen molar-refractivity contribution in [2.45, 2.75) is 51.6 Å². The highest BCUT2D eigenvalue weighted by Gasteiger charge is 2.26. The molecule has 0 aliphatic rings. The van der Waals surface area contributed by atoms with Gasteiger partial charge in [0.15, 0.2) is 16.7 Å². The van der Waals surface area contributed by atoms with E-state index in [1.165, 1.54) is 18.7 Å². The van der Waals surface area contributed by atoms with E-state index in [-0.39, 0.29) is 16.8 Å². The van der Waals surface area contributed by atoms with Crippen LogP contribution in [0.2, 0.25) is 0 Å². The molecule has 2 aromatic heterocycles. The second-order valence-electron chi connectivity index (χ2n) is 6.91. The molecule has 1 atom stereocenters. The zero-order chi connectivity index (χ0) is 20.4. The number of carbonyl (C=O) groups excluding carboxylic acids is 2. The van der Waals surface area contributed by atoms with Crippen molar-refractivity contribution in [1.82, 2.24) is 19.7 Å². The van der Waals surface area contributed by atoms with Crippen molar-refractivity contribution < 1.29 is 9.59 Å². The van der Waals surface area contributed by atoms with Crippen molar-refractivity contribution in [3.05, 3.63) is 64.2 Å². The Hall–Kier alpha value is -2.67. The molecular weight excluding hydrogens is 372 g/mol. The lowest BCUT2D eigenvalue weighted by atomic mass is 10.0. The molecule has 28 heavy (non-hydrogen) atoms. The van der Waals surface area contributed by atoms with Gasteiger partial charge >= 0.3 is 0 Å². The summed E-state index contributed by atoms with van der Waals surface area (Å²) in [5.74, 6) is 0.714. The number of benzene rings is 1. The average molecular weight is 397 g/mol. The van der Waals surface area contributed by atoms with Crippen molar-refractivity contribution >= 4 is 23.3 Å². The third-order valence-electron chi connectivity index (χ3n) is 4.77. The Morgan fingerprint density at radius 1 is 1.14 bits per heavy atom. The number of ketones is 2. The van der Waals surface area contributed by atoms with Crippen LogP contribution >= 0.6 is 11.8 Å². The summed E-state index contributed by atoms with van der Waals surface area (Å²) in [5, 5.41) is 8.78. The van der Waals surface area contributed by atoms with Crippen LogP contribution in [0, 0.1) is 20.8 Å². The molecule has 0 fully saturated rings. The maximum atomic E-state index is 13.0. The lowest BCUT2D eigenvalue weighted by Crippen LogP contribution is -2.16. The van der Waals surface area contributed by atoms with Crippen molar-refractivity contribution in [3.63, 3.8) is 0 Å². The molecule has 0 spiro atoms. The van der Waals surface area contributed by atoms with Crippen LogP contribution in [0.15, 0.2) is 35.5 Å². The number of aromatic amines is 1. The Kier molecular flexibility index (Phi) is 5.84. The Morgan fingerprint density at radius 3 is 2.43 bits per heavy atom. The van der Waals surface area contributed by atoms with Gasteiger partial charge in [0.1, 0.15) is 5.82 Å². The molecule has 1 N–H and O–H groups in total. The number of hydrogen-bond donors (Lipinski definition) is 1. The minimum atomic E-state index is -0.366. The van der Waals surface area contributed by atoms with Crippen LogP contribution in [0.25, 0.3) is 0 Å². The molecule has 0 saturated carbocycles. The SMILES string of the molecule is CC(=O)c1c(C)[nH]c(C(=O)[C@H](C)Sc2nnc(C)n2Cc2ccccc2)c1C. The first kappa shape index (κ1) is 20.1. The summed E-state index contributed by atoms with van der Waals surface area (Å²) < 4.78 is 2.01. The molecular formula is C21H24N4O2S. The van der Waals surface area contributed by atoms with Gasteiger partial charge in [-0.1, -0.05) is 42.1 Å². The van der Waals surface area contributed by atoms with E-state index in [0.29, 0.717) is 28.5 Å². The summed E-state index contributed by atoms with van der Waals surface area (Å²) in [6.45, 7) is 9.56. The van der Waals surface area contributed by atoms with Crippen LogP contribution in [0.1, 0.15) is 57.3 Å². The first-order valence-electron chi connectivity index (χ1n) is 9.14. The summed E-state index contributed by atoms with van der Waals surface area (Å²) in [6, 6.07) is 10.1. The van der Waals surface area contributed by atoms with Crippen LogP contribution in [0.5, 0.6) is 0 Å². The van der Waals surface area contributed by atoms with Gasteiger partial charge in [0, 0.05) is 11.3 Å². The van der Waals surface area contributed by atoms with E-state index in [1.54, 1.807) is 0 Å².